The first-order valence-corrected chi connectivity index (χ1v) is 5.19. The summed E-state index contributed by atoms with van der Waals surface area (Å²) in [6.07, 6.45) is 6.12. The summed E-state index contributed by atoms with van der Waals surface area (Å²) in [5.41, 5.74) is 2.91. The van der Waals surface area contributed by atoms with Crippen LogP contribution in [0.3, 0.4) is 0 Å². The van der Waals surface area contributed by atoms with Gasteiger partial charge in [-0.15, -0.1) is 0 Å². The molecule has 0 saturated carbocycles. The van der Waals surface area contributed by atoms with E-state index in [0.717, 1.165) is 28.5 Å². The first-order valence-electron chi connectivity index (χ1n) is 5.19. The van der Waals surface area contributed by atoms with Gasteiger partial charge in [-0.3, -0.25) is 0 Å². The molecule has 0 aliphatic heterocycles. The topological polar surface area (TPSA) is 66.0 Å². The minimum absolute atomic E-state index is 0.881. The van der Waals surface area contributed by atoms with Crippen LogP contribution < -0.4 is 0 Å². The number of fused-ring (bicyclic) bond motifs is 1. The number of aromatic nitrogens is 2. The summed E-state index contributed by atoms with van der Waals surface area (Å²) >= 11 is 0. The smallest absolute Gasteiger partial charge is 0.328 e. The zero-order valence-corrected chi connectivity index (χ0v) is 9.34. The Kier molecular flexibility index (Phi) is 3.05. The largest absolute Gasteiger partial charge is 0.478 e. The van der Waals surface area contributed by atoms with Gasteiger partial charge in [-0.1, -0.05) is 24.3 Å². The van der Waals surface area contributed by atoms with Gasteiger partial charge in [-0.2, -0.15) is 0 Å². The van der Waals surface area contributed by atoms with E-state index in [2.05, 4.69) is 9.97 Å². The molecule has 0 unspecified atom stereocenters. The van der Waals surface area contributed by atoms with E-state index >= 15 is 0 Å². The van der Waals surface area contributed by atoms with Crippen LogP contribution in [0.2, 0.25) is 0 Å². The van der Waals surface area contributed by atoms with Crippen molar-refractivity contribution in [1.82, 2.24) is 9.97 Å². The number of allylic oxidation sites excluding steroid dienone is 2. The van der Waals surface area contributed by atoms with Crippen LogP contribution in [0.5, 0.6) is 0 Å². The van der Waals surface area contributed by atoms with E-state index in [0.29, 0.717) is 0 Å². The summed E-state index contributed by atoms with van der Waals surface area (Å²) in [7, 11) is 0. The second kappa shape index (κ2) is 4.65. The molecule has 2 N–H and O–H groups in total. The van der Waals surface area contributed by atoms with Gasteiger partial charge in [0.1, 0.15) is 5.82 Å². The maximum atomic E-state index is 10.3. The molecule has 4 nitrogen and oxygen atoms in total. The van der Waals surface area contributed by atoms with E-state index in [4.69, 9.17) is 5.11 Å². The Morgan fingerprint density at radius 1 is 1.41 bits per heavy atom. The lowest BCUT2D eigenvalue weighted by atomic mass is 10.2. The first kappa shape index (κ1) is 11.1. The number of nitrogens with zero attached hydrogens (tertiary/aromatic N) is 1. The molecular weight excluding hydrogens is 216 g/mol. The number of hydrogen-bond donors (Lipinski definition) is 2. The van der Waals surface area contributed by atoms with Crippen molar-refractivity contribution in [2.24, 2.45) is 0 Å². The molecule has 0 atom stereocenters. The van der Waals surface area contributed by atoms with Crippen molar-refractivity contribution in [3.63, 3.8) is 0 Å². The third-order valence-corrected chi connectivity index (χ3v) is 2.26. The summed E-state index contributed by atoms with van der Waals surface area (Å²) < 4.78 is 0. The molecule has 4 heteroatoms. The van der Waals surface area contributed by atoms with Gasteiger partial charge >= 0.3 is 5.97 Å². The fourth-order valence-corrected chi connectivity index (χ4v) is 1.56. The van der Waals surface area contributed by atoms with E-state index in [1.54, 1.807) is 6.08 Å². The second-order valence-corrected chi connectivity index (χ2v) is 3.66. The monoisotopic (exact) mass is 228 g/mol. The fraction of sp³-hybridized carbons (Fsp3) is 0.0769. The van der Waals surface area contributed by atoms with Crippen LogP contribution in [0.1, 0.15) is 11.4 Å². The molecule has 86 valence electrons. The van der Waals surface area contributed by atoms with Crippen molar-refractivity contribution in [3.8, 4) is 0 Å². The molecule has 0 saturated heterocycles. The van der Waals surface area contributed by atoms with Gasteiger partial charge in [0.05, 0.1) is 11.0 Å². The van der Waals surface area contributed by atoms with E-state index in [-0.39, 0.29) is 0 Å². The van der Waals surface area contributed by atoms with Gasteiger partial charge in [0.2, 0.25) is 0 Å². The Morgan fingerprint density at radius 3 is 3.00 bits per heavy atom. The van der Waals surface area contributed by atoms with E-state index in [1.807, 2.05) is 31.2 Å². The third kappa shape index (κ3) is 2.81. The highest BCUT2D eigenvalue weighted by Gasteiger charge is 1.98. The molecule has 0 fully saturated rings. The Hall–Kier alpha value is -2.36. The minimum Gasteiger partial charge on any atom is -0.478 e. The average Bonchev–Trinajstić information content (AvgIpc) is 2.63. The normalized spacial score (nSPS) is 11.8. The highest BCUT2D eigenvalue weighted by atomic mass is 16.4. The minimum atomic E-state index is -0.950. The Morgan fingerprint density at radius 2 is 2.24 bits per heavy atom. The molecule has 0 spiro atoms. The van der Waals surface area contributed by atoms with E-state index in [9.17, 15) is 4.79 Å². The number of carboxylic acid groups (broad SMARTS) is 1. The molecule has 1 aromatic heterocycles. The number of aryl methyl sites for hydroxylation is 1. The van der Waals surface area contributed by atoms with Crippen LogP contribution in [0.4, 0.5) is 0 Å². The molecular formula is C13H12N2O2. The van der Waals surface area contributed by atoms with E-state index < -0.39 is 5.97 Å². The molecule has 0 bridgehead atoms. The Bertz CT molecular complexity index is 609. The van der Waals surface area contributed by atoms with Crippen LogP contribution in [0.25, 0.3) is 17.1 Å². The maximum absolute atomic E-state index is 10.3. The Labute approximate surface area is 98.3 Å². The van der Waals surface area contributed by atoms with Crippen LogP contribution in [0.15, 0.2) is 36.4 Å². The predicted molar refractivity (Wildman–Crippen MR) is 66.6 cm³/mol. The molecule has 0 aliphatic carbocycles. The molecule has 0 aliphatic rings. The summed E-state index contributed by atoms with van der Waals surface area (Å²) in [4.78, 5) is 17.7. The number of rotatable bonds is 3. The highest BCUT2D eigenvalue weighted by Crippen LogP contribution is 2.14. The number of carbonyl (C=O) groups is 1. The number of hydrogen-bond acceptors (Lipinski definition) is 2. The predicted octanol–water partition coefficient (Wildman–Crippen LogP) is 2.53. The van der Waals surface area contributed by atoms with Crippen molar-refractivity contribution >= 4 is 23.1 Å². The Balaban J connectivity index is 2.21. The molecule has 1 aromatic carbocycles. The summed E-state index contributed by atoms with van der Waals surface area (Å²) in [5.74, 6) is -0.0683. The van der Waals surface area contributed by atoms with Gasteiger partial charge < -0.3 is 10.1 Å². The first-order chi connectivity index (χ1) is 8.15. The van der Waals surface area contributed by atoms with Crippen LogP contribution in [-0.2, 0) is 4.79 Å². The summed E-state index contributed by atoms with van der Waals surface area (Å²) in [5, 5.41) is 8.42. The zero-order chi connectivity index (χ0) is 12.3. The van der Waals surface area contributed by atoms with Crippen LogP contribution in [0, 0.1) is 6.92 Å². The van der Waals surface area contributed by atoms with Crippen molar-refractivity contribution in [3.05, 3.63) is 47.8 Å². The van der Waals surface area contributed by atoms with Crippen molar-refractivity contribution in [2.75, 3.05) is 0 Å². The molecule has 2 aromatic rings. The number of benzene rings is 1. The molecule has 2 rings (SSSR count). The zero-order valence-electron chi connectivity index (χ0n) is 9.34. The summed E-state index contributed by atoms with van der Waals surface area (Å²) in [6, 6.07) is 5.84. The number of aliphatic carboxylic acids is 1. The molecule has 0 amide bonds. The average molecular weight is 228 g/mol. The third-order valence-electron chi connectivity index (χ3n) is 2.26. The molecule has 0 radical (unpaired) electrons. The number of imidazole rings is 1. The number of aromatic amines is 1. The highest BCUT2D eigenvalue weighted by molar-refractivity contribution is 5.81. The maximum Gasteiger partial charge on any atom is 0.328 e. The fourth-order valence-electron chi connectivity index (χ4n) is 1.56. The lowest BCUT2D eigenvalue weighted by Gasteiger charge is -1.92. The molecule has 17 heavy (non-hydrogen) atoms. The molecule has 1 heterocycles. The van der Waals surface area contributed by atoms with Gasteiger partial charge in [-0.25, -0.2) is 9.78 Å². The second-order valence-electron chi connectivity index (χ2n) is 3.66. The van der Waals surface area contributed by atoms with Crippen LogP contribution >= 0.6 is 0 Å². The van der Waals surface area contributed by atoms with Crippen molar-refractivity contribution < 1.29 is 9.90 Å². The van der Waals surface area contributed by atoms with Gasteiger partial charge in [0, 0.05) is 6.08 Å². The number of carboxylic acids is 1. The number of nitrogens with one attached hydrogen (secondary N) is 1. The van der Waals surface area contributed by atoms with Crippen molar-refractivity contribution in [1.29, 1.82) is 0 Å². The van der Waals surface area contributed by atoms with Gasteiger partial charge in [-0.05, 0) is 24.6 Å². The number of H-pyrrole nitrogens is 1. The lowest BCUT2D eigenvalue weighted by molar-refractivity contribution is -0.131. The quantitative estimate of drug-likeness (QED) is 0.626. The standard InChI is InChI=1S/C13H12N2O2/c1-9-14-11-7-6-10(8-12(11)15-9)4-2-3-5-13(16)17/h2-8H,1H3,(H,14,15)(H,16,17)/b4-2+,5-3+. The lowest BCUT2D eigenvalue weighted by Crippen LogP contribution is -1.84. The SMILES string of the molecule is Cc1nc2ccc(/C=C/C=C/C(=O)O)cc2[nH]1. The van der Waals surface area contributed by atoms with Gasteiger partial charge in [0.15, 0.2) is 0 Å². The van der Waals surface area contributed by atoms with E-state index in [1.165, 1.54) is 6.08 Å². The van der Waals surface area contributed by atoms with Crippen molar-refractivity contribution in [2.45, 2.75) is 6.92 Å². The summed E-state index contributed by atoms with van der Waals surface area (Å²) in [6.45, 7) is 1.91. The van der Waals surface area contributed by atoms with Gasteiger partial charge in [0.25, 0.3) is 0 Å². The van der Waals surface area contributed by atoms with Crippen LogP contribution in [-0.4, -0.2) is 21.0 Å².